The topological polar surface area (TPSA) is 12.5 Å². The van der Waals surface area contributed by atoms with Crippen LogP contribution in [0.3, 0.4) is 0 Å². The molecule has 4 atom stereocenters. The molecule has 0 bridgehead atoms. The molecule has 18 heavy (non-hydrogen) atoms. The zero-order valence-electron chi connectivity index (χ0n) is 11.6. The lowest BCUT2D eigenvalue weighted by molar-refractivity contribution is -0.112. The Labute approximate surface area is 120 Å². The first-order chi connectivity index (χ1) is 8.74. The van der Waals surface area contributed by atoms with E-state index >= 15 is 0 Å². The zero-order valence-corrected chi connectivity index (χ0v) is 13.2. The Kier molecular flexibility index (Phi) is 4.19. The van der Waals surface area contributed by atoms with Gasteiger partial charge < -0.3 is 4.74 Å². The van der Waals surface area contributed by atoms with Crippen LogP contribution in [0.15, 0.2) is 0 Å². The molecule has 2 aliphatic heterocycles. The van der Waals surface area contributed by atoms with Crippen LogP contribution < -0.4 is 0 Å². The van der Waals surface area contributed by atoms with Crippen LogP contribution in [0.4, 0.5) is 0 Å². The average Bonchev–Trinajstić information content (AvgIpc) is 2.96. The van der Waals surface area contributed by atoms with Gasteiger partial charge in [0.25, 0.3) is 0 Å². The normalized spacial score (nSPS) is 46.7. The minimum Gasteiger partial charge on any atom is -0.359 e. The van der Waals surface area contributed by atoms with E-state index in [1.165, 1.54) is 37.2 Å². The molecule has 1 aliphatic carbocycles. The van der Waals surface area contributed by atoms with E-state index in [1.807, 2.05) is 0 Å². The quantitative estimate of drug-likeness (QED) is 0.676. The first-order valence-electron chi connectivity index (χ1n) is 7.38. The molecule has 3 aliphatic rings. The average molecular weight is 287 g/mol. The Balaban J connectivity index is 1.88. The SMILES string of the molecule is CC1SCCCSC(C)N2CCOC23CCCC13. The predicted octanol–water partition coefficient (Wildman–Crippen LogP) is 3.42. The summed E-state index contributed by atoms with van der Waals surface area (Å²) >= 11 is 4.31. The summed E-state index contributed by atoms with van der Waals surface area (Å²) in [7, 11) is 0. The Hall–Kier alpha value is 0.620. The summed E-state index contributed by atoms with van der Waals surface area (Å²) in [6.07, 6.45) is 5.33. The molecule has 3 rings (SSSR count). The van der Waals surface area contributed by atoms with Crippen molar-refractivity contribution in [2.45, 2.75) is 55.9 Å². The third-order valence-corrected chi connectivity index (χ3v) is 7.47. The molecule has 4 unspecified atom stereocenters. The second-order valence-corrected chi connectivity index (χ2v) is 8.69. The highest BCUT2D eigenvalue weighted by atomic mass is 32.2. The summed E-state index contributed by atoms with van der Waals surface area (Å²) in [5.41, 5.74) is 0.0934. The molecule has 2 heterocycles. The van der Waals surface area contributed by atoms with Crippen LogP contribution in [-0.2, 0) is 4.74 Å². The van der Waals surface area contributed by atoms with Gasteiger partial charge in [-0.15, -0.1) is 11.8 Å². The molecular formula is C14H25NOS2. The largest absolute Gasteiger partial charge is 0.359 e. The Morgan fingerprint density at radius 2 is 2.00 bits per heavy atom. The van der Waals surface area contributed by atoms with Crippen LogP contribution in [0.2, 0.25) is 0 Å². The number of hydrogen-bond acceptors (Lipinski definition) is 4. The van der Waals surface area contributed by atoms with Crippen molar-refractivity contribution < 1.29 is 4.74 Å². The highest BCUT2D eigenvalue weighted by molar-refractivity contribution is 8.00. The van der Waals surface area contributed by atoms with E-state index in [0.29, 0.717) is 5.37 Å². The van der Waals surface area contributed by atoms with Gasteiger partial charge in [0.2, 0.25) is 0 Å². The number of ether oxygens (including phenoxy) is 1. The van der Waals surface area contributed by atoms with Crippen molar-refractivity contribution >= 4 is 23.5 Å². The smallest absolute Gasteiger partial charge is 0.126 e. The van der Waals surface area contributed by atoms with Crippen LogP contribution in [-0.4, -0.2) is 45.9 Å². The standard InChI is InChI=1S/C14H25NOS2/c1-11-13-5-3-6-14(13)15(7-8-16-14)12(2)18-10-4-9-17-11/h11-13H,3-10H2,1-2H3. The van der Waals surface area contributed by atoms with Crippen molar-refractivity contribution in [1.29, 1.82) is 0 Å². The molecule has 0 amide bonds. The summed E-state index contributed by atoms with van der Waals surface area (Å²) in [5, 5.41) is 1.38. The van der Waals surface area contributed by atoms with Crippen molar-refractivity contribution in [2.24, 2.45) is 5.92 Å². The van der Waals surface area contributed by atoms with Crippen LogP contribution in [0, 0.1) is 5.92 Å². The maximum Gasteiger partial charge on any atom is 0.126 e. The highest BCUT2D eigenvalue weighted by Gasteiger charge is 2.54. The van der Waals surface area contributed by atoms with Crippen LogP contribution in [0.5, 0.6) is 0 Å². The molecule has 2 saturated heterocycles. The zero-order chi connectivity index (χ0) is 12.6. The molecule has 1 saturated carbocycles. The van der Waals surface area contributed by atoms with Crippen LogP contribution in [0.25, 0.3) is 0 Å². The number of thioether (sulfide) groups is 2. The summed E-state index contributed by atoms with van der Waals surface area (Å²) in [6, 6.07) is 0. The predicted molar refractivity (Wildman–Crippen MR) is 81.2 cm³/mol. The third-order valence-electron chi connectivity index (χ3n) is 4.83. The molecular weight excluding hydrogens is 262 g/mol. The molecule has 0 radical (unpaired) electrons. The van der Waals surface area contributed by atoms with Crippen LogP contribution >= 0.6 is 23.5 Å². The Bertz CT molecular complexity index is 272. The van der Waals surface area contributed by atoms with Crippen molar-refractivity contribution in [2.75, 3.05) is 24.7 Å². The molecule has 4 heteroatoms. The summed E-state index contributed by atoms with van der Waals surface area (Å²) in [5.74, 6) is 3.37. The molecule has 1 spiro atoms. The van der Waals surface area contributed by atoms with Gasteiger partial charge in [-0.25, -0.2) is 0 Å². The summed E-state index contributed by atoms with van der Waals surface area (Å²) in [6.45, 7) is 6.90. The molecule has 0 aromatic carbocycles. The van der Waals surface area contributed by atoms with E-state index in [9.17, 15) is 0 Å². The third kappa shape index (κ3) is 2.23. The van der Waals surface area contributed by atoms with Gasteiger partial charge in [-0.05, 0) is 44.1 Å². The van der Waals surface area contributed by atoms with Gasteiger partial charge in [0.15, 0.2) is 0 Å². The minimum absolute atomic E-state index is 0.0934. The van der Waals surface area contributed by atoms with Gasteiger partial charge in [-0.1, -0.05) is 6.92 Å². The van der Waals surface area contributed by atoms with Crippen molar-refractivity contribution in [3.8, 4) is 0 Å². The lowest BCUT2D eigenvalue weighted by Crippen LogP contribution is -2.53. The van der Waals surface area contributed by atoms with Gasteiger partial charge in [0, 0.05) is 17.7 Å². The molecule has 2 nitrogen and oxygen atoms in total. The molecule has 3 fully saturated rings. The van der Waals surface area contributed by atoms with Gasteiger partial charge in [-0.3, -0.25) is 4.90 Å². The lowest BCUT2D eigenvalue weighted by Gasteiger charge is -2.44. The fourth-order valence-corrected chi connectivity index (χ4v) is 6.56. The first kappa shape index (κ1) is 13.6. The van der Waals surface area contributed by atoms with Crippen LogP contribution in [0.1, 0.15) is 39.5 Å². The van der Waals surface area contributed by atoms with Crippen molar-refractivity contribution in [3.63, 3.8) is 0 Å². The summed E-state index contributed by atoms with van der Waals surface area (Å²) in [4.78, 5) is 2.69. The fraction of sp³-hybridized carbons (Fsp3) is 1.00. The molecule has 0 aromatic rings. The van der Waals surface area contributed by atoms with E-state index < -0.39 is 0 Å². The second kappa shape index (κ2) is 5.55. The second-order valence-electron chi connectivity index (χ2n) is 5.78. The van der Waals surface area contributed by atoms with Crippen molar-refractivity contribution in [3.05, 3.63) is 0 Å². The molecule has 0 aromatic heterocycles. The highest BCUT2D eigenvalue weighted by Crippen LogP contribution is 2.50. The maximum atomic E-state index is 6.34. The molecule has 104 valence electrons. The first-order valence-corrected chi connectivity index (χ1v) is 9.48. The van der Waals surface area contributed by atoms with E-state index in [1.54, 1.807) is 0 Å². The van der Waals surface area contributed by atoms with Gasteiger partial charge >= 0.3 is 0 Å². The molecule has 0 N–H and O–H groups in total. The number of nitrogens with zero attached hydrogens (tertiary/aromatic N) is 1. The fourth-order valence-electron chi connectivity index (χ4n) is 3.99. The summed E-state index contributed by atoms with van der Waals surface area (Å²) < 4.78 is 6.34. The van der Waals surface area contributed by atoms with E-state index in [4.69, 9.17) is 4.74 Å². The van der Waals surface area contributed by atoms with Gasteiger partial charge in [-0.2, -0.15) is 11.8 Å². The maximum absolute atomic E-state index is 6.34. The number of hydrogen-bond donors (Lipinski definition) is 0. The minimum atomic E-state index is 0.0934. The Morgan fingerprint density at radius 1 is 1.17 bits per heavy atom. The lowest BCUT2D eigenvalue weighted by atomic mass is 9.95. The monoisotopic (exact) mass is 287 g/mol. The van der Waals surface area contributed by atoms with Gasteiger partial charge in [0.05, 0.1) is 12.0 Å². The number of rotatable bonds is 0. The van der Waals surface area contributed by atoms with E-state index in [0.717, 1.165) is 24.3 Å². The van der Waals surface area contributed by atoms with Crippen molar-refractivity contribution in [1.82, 2.24) is 4.90 Å². The van der Waals surface area contributed by atoms with E-state index in [-0.39, 0.29) is 5.72 Å². The van der Waals surface area contributed by atoms with E-state index in [2.05, 4.69) is 42.3 Å². The Morgan fingerprint density at radius 3 is 2.89 bits per heavy atom. The van der Waals surface area contributed by atoms with Gasteiger partial charge in [0.1, 0.15) is 5.72 Å².